The lowest BCUT2D eigenvalue weighted by molar-refractivity contribution is -0.147. The zero-order chi connectivity index (χ0) is 23.2. The van der Waals surface area contributed by atoms with Gasteiger partial charge in [-0.15, -0.1) is 0 Å². The second kappa shape index (κ2) is 8.22. The standard InChI is InChI=1S/C24H27N3O5S/c28-21-16-24(9-3-4-10-24)23(30)27(21)17-22(29)25-11-13-26(14-12-25)33(31,32)20-8-7-18-5-1-2-6-19(18)15-20/h1-2,5-8,15H,3-4,9-14,16-17H2. The van der Waals surface area contributed by atoms with E-state index in [0.29, 0.717) is 12.8 Å². The zero-order valence-electron chi connectivity index (χ0n) is 18.4. The predicted molar refractivity (Wildman–Crippen MR) is 122 cm³/mol. The van der Waals surface area contributed by atoms with Crippen LogP contribution in [-0.4, -0.2) is 73.0 Å². The molecule has 3 aliphatic rings. The summed E-state index contributed by atoms with van der Waals surface area (Å²) >= 11 is 0. The van der Waals surface area contributed by atoms with E-state index in [2.05, 4.69) is 0 Å². The first kappa shape index (κ1) is 22.0. The van der Waals surface area contributed by atoms with Crippen LogP contribution < -0.4 is 0 Å². The molecular formula is C24H27N3O5S. The van der Waals surface area contributed by atoms with Crippen molar-refractivity contribution in [3.05, 3.63) is 42.5 Å². The van der Waals surface area contributed by atoms with E-state index in [1.165, 1.54) is 4.31 Å². The summed E-state index contributed by atoms with van der Waals surface area (Å²) in [4.78, 5) is 41.0. The van der Waals surface area contributed by atoms with E-state index >= 15 is 0 Å². The number of hydrogen-bond acceptors (Lipinski definition) is 5. The van der Waals surface area contributed by atoms with Gasteiger partial charge in [-0.3, -0.25) is 19.3 Å². The molecule has 9 heteroatoms. The largest absolute Gasteiger partial charge is 0.338 e. The molecule has 0 N–H and O–H groups in total. The molecule has 33 heavy (non-hydrogen) atoms. The van der Waals surface area contributed by atoms with E-state index in [4.69, 9.17) is 0 Å². The number of carbonyl (C=O) groups excluding carboxylic acids is 3. The van der Waals surface area contributed by atoms with Crippen LogP contribution in [0, 0.1) is 5.41 Å². The zero-order valence-corrected chi connectivity index (χ0v) is 19.2. The number of benzene rings is 2. The van der Waals surface area contributed by atoms with Crippen LogP contribution in [0.4, 0.5) is 0 Å². The first-order valence-corrected chi connectivity index (χ1v) is 12.9. The fraction of sp³-hybridized carbons (Fsp3) is 0.458. The molecule has 1 spiro atoms. The fourth-order valence-electron chi connectivity index (χ4n) is 5.35. The number of carbonyl (C=O) groups is 3. The molecular weight excluding hydrogens is 442 g/mol. The van der Waals surface area contributed by atoms with Gasteiger partial charge in [0.15, 0.2) is 0 Å². The minimum atomic E-state index is -3.68. The fourth-order valence-corrected chi connectivity index (χ4v) is 6.81. The third-order valence-corrected chi connectivity index (χ3v) is 9.19. The van der Waals surface area contributed by atoms with Gasteiger partial charge in [-0.05, 0) is 35.7 Å². The maximum absolute atomic E-state index is 13.1. The summed E-state index contributed by atoms with van der Waals surface area (Å²) in [6.45, 7) is 0.552. The van der Waals surface area contributed by atoms with Crippen LogP contribution >= 0.6 is 0 Å². The van der Waals surface area contributed by atoms with Gasteiger partial charge in [0.2, 0.25) is 27.7 Å². The molecule has 5 rings (SSSR count). The number of piperazine rings is 1. The average Bonchev–Trinajstić information content (AvgIpc) is 3.39. The van der Waals surface area contributed by atoms with Crippen LogP contribution in [-0.2, 0) is 24.4 Å². The molecule has 1 saturated carbocycles. The Morgan fingerprint density at radius 3 is 2.27 bits per heavy atom. The van der Waals surface area contributed by atoms with Crippen molar-refractivity contribution in [1.29, 1.82) is 0 Å². The number of imide groups is 1. The molecule has 3 fully saturated rings. The van der Waals surface area contributed by atoms with Crippen molar-refractivity contribution in [1.82, 2.24) is 14.1 Å². The van der Waals surface area contributed by atoms with Crippen molar-refractivity contribution in [2.45, 2.75) is 37.0 Å². The monoisotopic (exact) mass is 469 g/mol. The van der Waals surface area contributed by atoms with Gasteiger partial charge in [-0.2, -0.15) is 4.31 Å². The lowest BCUT2D eigenvalue weighted by atomic mass is 9.84. The first-order valence-electron chi connectivity index (χ1n) is 11.4. The number of nitrogens with zero attached hydrogens (tertiary/aromatic N) is 3. The lowest BCUT2D eigenvalue weighted by Gasteiger charge is -2.34. The van der Waals surface area contributed by atoms with E-state index in [9.17, 15) is 22.8 Å². The van der Waals surface area contributed by atoms with Gasteiger partial charge < -0.3 is 4.90 Å². The van der Waals surface area contributed by atoms with Crippen LogP contribution in [0.2, 0.25) is 0 Å². The Kier molecular flexibility index (Phi) is 5.49. The van der Waals surface area contributed by atoms with Crippen molar-refractivity contribution < 1.29 is 22.8 Å². The number of fused-ring (bicyclic) bond motifs is 1. The molecule has 2 aromatic rings. The van der Waals surface area contributed by atoms with Gasteiger partial charge >= 0.3 is 0 Å². The Hall–Kier alpha value is -2.78. The molecule has 2 aromatic carbocycles. The number of sulfonamides is 1. The Morgan fingerprint density at radius 2 is 1.58 bits per heavy atom. The molecule has 0 bridgehead atoms. The SMILES string of the molecule is O=C(CN1C(=O)CC2(CCCC2)C1=O)N1CCN(S(=O)(=O)c2ccc3ccccc3c2)CC1. The Labute approximate surface area is 193 Å². The van der Waals surface area contributed by atoms with Crippen molar-refractivity contribution in [3.8, 4) is 0 Å². The normalized spacial score (nSPS) is 21.5. The summed E-state index contributed by atoms with van der Waals surface area (Å²) in [5, 5.41) is 1.82. The summed E-state index contributed by atoms with van der Waals surface area (Å²) < 4.78 is 27.7. The number of rotatable bonds is 4. The average molecular weight is 470 g/mol. The molecule has 2 heterocycles. The topological polar surface area (TPSA) is 95.1 Å². The third-order valence-electron chi connectivity index (χ3n) is 7.29. The summed E-state index contributed by atoms with van der Waals surface area (Å²) in [5.74, 6) is -0.793. The van der Waals surface area contributed by atoms with Crippen LogP contribution in [0.25, 0.3) is 10.8 Å². The molecule has 0 radical (unpaired) electrons. The number of amides is 3. The smallest absolute Gasteiger partial charge is 0.243 e. The highest BCUT2D eigenvalue weighted by atomic mass is 32.2. The lowest BCUT2D eigenvalue weighted by Crippen LogP contribution is -2.53. The molecule has 1 aliphatic carbocycles. The summed E-state index contributed by atoms with van der Waals surface area (Å²) in [5.41, 5.74) is -0.593. The highest BCUT2D eigenvalue weighted by molar-refractivity contribution is 7.89. The Balaban J connectivity index is 1.22. The van der Waals surface area contributed by atoms with Gasteiger partial charge in [0.1, 0.15) is 6.54 Å². The first-order chi connectivity index (χ1) is 15.8. The molecule has 8 nitrogen and oxygen atoms in total. The molecule has 0 atom stereocenters. The second-order valence-electron chi connectivity index (χ2n) is 9.24. The van der Waals surface area contributed by atoms with Crippen molar-refractivity contribution in [2.75, 3.05) is 32.7 Å². The molecule has 2 aliphatic heterocycles. The van der Waals surface area contributed by atoms with Crippen molar-refractivity contribution in [2.24, 2.45) is 5.41 Å². The maximum Gasteiger partial charge on any atom is 0.243 e. The van der Waals surface area contributed by atoms with Crippen LogP contribution in [0.3, 0.4) is 0 Å². The predicted octanol–water partition coefficient (Wildman–Crippen LogP) is 1.99. The molecule has 2 saturated heterocycles. The summed E-state index contributed by atoms with van der Waals surface area (Å²) in [6.07, 6.45) is 3.51. The Morgan fingerprint density at radius 1 is 0.909 bits per heavy atom. The molecule has 0 aromatic heterocycles. The number of likely N-dealkylation sites (tertiary alicyclic amines) is 1. The van der Waals surface area contributed by atoms with E-state index in [1.807, 2.05) is 24.3 Å². The maximum atomic E-state index is 13.1. The highest BCUT2D eigenvalue weighted by Gasteiger charge is 2.53. The Bertz CT molecular complexity index is 1230. The summed E-state index contributed by atoms with van der Waals surface area (Å²) in [6, 6.07) is 12.7. The van der Waals surface area contributed by atoms with Gasteiger partial charge in [0.25, 0.3) is 0 Å². The van der Waals surface area contributed by atoms with E-state index in [-0.39, 0.29) is 61.8 Å². The van der Waals surface area contributed by atoms with Gasteiger partial charge in [-0.25, -0.2) is 8.42 Å². The molecule has 3 amide bonds. The highest BCUT2D eigenvalue weighted by Crippen LogP contribution is 2.46. The number of hydrogen-bond donors (Lipinski definition) is 0. The minimum absolute atomic E-state index is 0.173. The quantitative estimate of drug-likeness (QED) is 0.639. The van der Waals surface area contributed by atoms with Gasteiger partial charge in [0, 0.05) is 32.6 Å². The molecule has 174 valence electrons. The minimum Gasteiger partial charge on any atom is -0.338 e. The van der Waals surface area contributed by atoms with Crippen molar-refractivity contribution in [3.63, 3.8) is 0 Å². The van der Waals surface area contributed by atoms with Crippen LogP contribution in [0.15, 0.2) is 47.4 Å². The second-order valence-corrected chi connectivity index (χ2v) is 11.2. The third kappa shape index (κ3) is 3.83. The molecule has 0 unspecified atom stereocenters. The van der Waals surface area contributed by atoms with Crippen molar-refractivity contribution >= 4 is 38.5 Å². The summed E-state index contributed by atoms with van der Waals surface area (Å²) in [7, 11) is -3.68. The van der Waals surface area contributed by atoms with Crippen LogP contribution in [0.1, 0.15) is 32.1 Å². The van der Waals surface area contributed by atoms with Gasteiger partial charge in [-0.1, -0.05) is 43.2 Å². The van der Waals surface area contributed by atoms with E-state index < -0.39 is 15.4 Å². The van der Waals surface area contributed by atoms with Crippen LogP contribution in [0.5, 0.6) is 0 Å². The van der Waals surface area contributed by atoms with Gasteiger partial charge in [0.05, 0.1) is 10.3 Å². The van der Waals surface area contributed by atoms with E-state index in [1.54, 1.807) is 23.1 Å². The van der Waals surface area contributed by atoms with E-state index in [0.717, 1.165) is 28.5 Å².